The lowest BCUT2D eigenvalue weighted by molar-refractivity contribution is 0.632. The van der Waals surface area contributed by atoms with Gasteiger partial charge in [-0.05, 0) is 18.1 Å². The lowest BCUT2D eigenvalue weighted by atomic mass is 10.1. The Morgan fingerprint density at radius 3 is 2.82 bits per heavy atom. The molecule has 0 saturated heterocycles. The van der Waals surface area contributed by atoms with Crippen LogP contribution in [-0.4, -0.2) is 34.3 Å². The molecule has 6 heteroatoms. The molecule has 0 aliphatic heterocycles. The van der Waals surface area contributed by atoms with Crippen LogP contribution in [0.15, 0.2) is 35.6 Å². The van der Waals surface area contributed by atoms with Crippen molar-refractivity contribution in [1.29, 1.82) is 0 Å². The molecular formula is C16H24N6. The third-order valence-electron chi connectivity index (χ3n) is 3.59. The average molecular weight is 300 g/mol. The van der Waals surface area contributed by atoms with Gasteiger partial charge in [-0.2, -0.15) is 0 Å². The van der Waals surface area contributed by atoms with Gasteiger partial charge in [0, 0.05) is 33.1 Å². The van der Waals surface area contributed by atoms with Gasteiger partial charge in [0.05, 0.1) is 0 Å². The third kappa shape index (κ3) is 4.31. The standard InChI is InChI=1S/C16H24N6/c1-4-15-21-20-12-22(15)10-9-18-16(17-3)19-11-14-8-6-5-7-13(14)2/h5-8,12H,4,9-11H2,1-3H3,(H2,17,18,19). The van der Waals surface area contributed by atoms with Crippen molar-refractivity contribution >= 4 is 5.96 Å². The number of guanidine groups is 1. The summed E-state index contributed by atoms with van der Waals surface area (Å²) in [6, 6.07) is 8.35. The molecule has 0 unspecified atom stereocenters. The largest absolute Gasteiger partial charge is 0.355 e. The Balaban J connectivity index is 1.79. The second-order valence-corrected chi connectivity index (χ2v) is 5.07. The van der Waals surface area contributed by atoms with Crippen molar-refractivity contribution in [1.82, 2.24) is 25.4 Å². The summed E-state index contributed by atoms with van der Waals surface area (Å²) in [7, 11) is 1.78. The van der Waals surface area contributed by atoms with E-state index in [4.69, 9.17) is 0 Å². The number of aromatic nitrogens is 3. The molecule has 0 radical (unpaired) electrons. The van der Waals surface area contributed by atoms with Crippen LogP contribution in [-0.2, 0) is 19.5 Å². The molecule has 1 heterocycles. The first-order chi connectivity index (χ1) is 10.7. The van der Waals surface area contributed by atoms with Crippen LogP contribution < -0.4 is 10.6 Å². The maximum atomic E-state index is 4.25. The van der Waals surface area contributed by atoms with Crippen LogP contribution in [0.1, 0.15) is 23.9 Å². The van der Waals surface area contributed by atoms with Gasteiger partial charge < -0.3 is 15.2 Å². The molecule has 1 aromatic carbocycles. The van der Waals surface area contributed by atoms with E-state index in [1.54, 1.807) is 13.4 Å². The summed E-state index contributed by atoms with van der Waals surface area (Å²) in [6.07, 6.45) is 2.66. The highest BCUT2D eigenvalue weighted by molar-refractivity contribution is 5.79. The highest BCUT2D eigenvalue weighted by Gasteiger charge is 2.03. The fourth-order valence-corrected chi connectivity index (χ4v) is 2.24. The van der Waals surface area contributed by atoms with Gasteiger partial charge in [-0.3, -0.25) is 4.99 Å². The summed E-state index contributed by atoms with van der Waals surface area (Å²) >= 11 is 0. The Bertz CT molecular complexity index is 617. The number of nitrogens with one attached hydrogen (secondary N) is 2. The maximum Gasteiger partial charge on any atom is 0.191 e. The molecule has 0 fully saturated rings. The Labute approximate surface area is 131 Å². The summed E-state index contributed by atoms with van der Waals surface area (Å²) < 4.78 is 2.06. The van der Waals surface area contributed by atoms with E-state index in [2.05, 4.69) is 68.5 Å². The SMILES string of the molecule is CCc1nncn1CCNC(=NC)NCc1ccccc1C. The predicted molar refractivity (Wildman–Crippen MR) is 88.8 cm³/mol. The predicted octanol–water partition coefficient (Wildman–Crippen LogP) is 1.51. The molecule has 0 spiro atoms. The van der Waals surface area contributed by atoms with Gasteiger partial charge in [0.2, 0.25) is 0 Å². The molecule has 0 aliphatic carbocycles. The molecule has 2 aromatic rings. The van der Waals surface area contributed by atoms with Gasteiger partial charge in [0.15, 0.2) is 5.96 Å². The van der Waals surface area contributed by atoms with Crippen molar-refractivity contribution in [3.63, 3.8) is 0 Å². The zero-order chi connectivity index (χ0) is 15.8. The van der Waals surface area contributed by atoms with Gasteiger partial charge >= 0.3 is 0 Å². The van der Waals surface area contributed by atoms with E-state index in [9.17, 15) is 0 Å². The second-order valence-electron chi connectivity index (χ2n) is 5.07. The highest BCUT2D eigenvalue weighted by Crippen LogP contribution is 2.05. The van der Waals surface area contributed by atoms with E-state index in [1.165, 1.54) is 11.1 Å². The van der Waals surface area contributed by atoms with Crippen LogP contribution >= 0.6 is 0 Å². The summed E-state index contributed by atoms with van der Waals surface area (Å²) in [4.78, 5) is 4.25. The molecule has 0 aliphatic rings. The van der Waals surface area contributed by atoms with Gasteiger partial charge in [0.1, 0.15) is 12.2 Å². The highest BCUT2D eigenvalue weighted by atomic mass is 15.3. The Kier molecular flexibility index (Phi) is 5.94. The summed E-state index contributed by atoms with van der Waals surface area (Å²) in [5, 5.41) is 14.7. The summed E-state index contributed by atoms with van der Waals surface area (Å²) in [5.74, 6) is 1.80. The first-order valence-corrected chi connectivity index (χ1v) is 7.60. The quantitative estimate of drug-likeness (QED) is 0.627. The third-order valence-corrected chi connectivity index (χ3v) is 3.59. The number of nitrogens with zero attached hydrogens (tertiary/aromatic N) is 4. The first-order valence-electron chi connectivity index (χ1n) is 7.60. The van der Waals surface area contributed by atoms with E-state index in [0.717, 1.165) is 37.8 Å². The van der Waals surface area contributed by atoms with Gasteiger partial charge in [-0.1, -0.05) is 31.2 Å². The minimum Gasteiger partial charge on any atom is -0.355 e. The van der Waals surface area contributed by atoms with E-state index < -0.39 is 0 Å². The number of hydrogen-bond donors (Lipinski definition) is 2. The van der Waals surface area contributed by atoms with E-state index >= 15 is 0 Å². The number of rotatable bonds is 6. The maximum absolute atomic E-state index is 4.25. The molecule has 0 atom stereocenters. The lowest BCUT2D eigenvalue weighted by Gasteiger charge is -2.13. The summed E-state index contributed by atoms with van der Waals surface area (Å²) in [5.41, 5.74) is 2.56. The number of benzene rings is 1. The average Bonchev–Trinajstić information content (AvgIpc) is 2.99. The molecule has 6 nitrogen and oxygen atoms in total. The van der Waals surface area contributed by atoms with Gasteiger partial charge in [-0.25, -0.2) is 0 Å². The van der Waals surface area contributed by atoms with Crippen molar-refractivity contribution in [2.75, 3.05) is 13.6 Å². The Morgan fingerprint density at radius 1 is 1.27 bits per heavy atom. The van der Waals surface area contributed by atoms with Crippen molar-refractivity contribution in [3.05, 3.63) is 47.5 Å². The number of hydrogen-bond acceptors (Lipinski definition) is 3. The number of aliphatic imine (C=N–C) groups is 1. The van der Waals surface area contributed by atoms with Crippen LogP contribution in [0.4, 0.5) is 0 Å². The van der Waals surface area contributed by atoms with Crippen molar-refractivity contribution < 1.29 is 0 Å². The molecule has 2 rings (SSSR count). The minimum atomic E-state index is 0.763. The molecule has 0 amide bonds. The molecule has 1 aromatic heterocycles. The van der Waals surface area contributed by atoms with E-state index in [0.29, 0.717) is 0 Å². The fraction of sp³-hybridized carbons (Fsp3) is 0.438. The number of aryl methyl sites for hydroxylation is 2. The van der Waals surface area contributed by atoms with E-state index in [-0.39, 0.29) is 0 Å². The Hall–Kier alpha value is -2.37. The van der Waals surface area contributed by atoms with E-state index in [1.807, 2.05) is 0 Å². The second kappa shape index (κ2) is 8.17. The molecule has 22 heavy (non-hydrogen) atoms. The molecular weight excluding hydrogens is 276 g/mol. The van der Waals surface area contributed by atoms with Gasteiger partial charge in [0.25, 0.3) is 0 Å². The van der Waals surface area contributed by atoms with Crippen molar-refractivity contribution in [3.8, 4) is 0 Å². The molecule has 118 valence electrons. The smallest absolute Gasteiger partial charge is 0.191 e. The molecule has 0 saturated carbocycles. The van der Waals surface area contributed by atoms with Crippen LogP contribution in [0.3, 0.4) is 0 Å². The zero-order valence-electron chi connectivity index (χ0n) is 13.5. The van der Waals surface area contributed by atoms with Gasteiger partial charge in [-0.15, -0.1) is 10.2 Å². The fourth-order valence-electron chi connectivity index (χ4n) is 2.24. The van der Waals surface area contributed by atoms with Crippen molar-refractivity contribution in [2.24, 2.45) is 4.99 Å². The topological polar surface area (TPSA) is 67.1 Å². The van der Waals surface area contributed by atoms with Crippen molar-refractivity contribution in [2.45, 2.75) is 33.4 Å². The monoisotopic (exact) mass is 300 g/mol. The van der Waals surface area contributed by atoms with Crippen LogP contribution in [0.2, 0.25) is 0 Å². The lowest BCUT2D eigenvalue weighted by Crippen LogP contribution is -2.38. The molecule has 2 N–H and O–H groups in total. The summed E-state index contributed by atoms with van der Waals surface area (Å²) in [6.45, 7) is 6.56. The normalized spacial score (nSPS) is 11.5. The molecule has 0 bridgehead atoms. The first kappa shape index (κ1) is 16.0. The van der Waals surface area contributed by atoms with Crippen LogP contribution in [0, 0.1) is 6.92 Å². The Morgan fingerprint density at radius 2 is 2.09 bits per heavy atom. The van der Waals surface area contributed by atoms with Crippen LogP contribution in [0.5, 0.6) is 0 Å². The van der Waals surface area contributed by atoms with Crippen LogP contribution in [0.25, 0.3) is 0 Å². The zero-order valence-corrected chi connectivity index (χ0v) is 13.5. The minimum absolute atomic E-state index is 0.763.